The van der Waals surface area contributed by atoms with Gasteiger partial charge in [-0.15, -0.1) is 0 Å². The van der Waals surface area contributed by atoms with Gasteiger partial charge in [-0.1, -0.05) is 27.4 Å². The lowest BCUT2D eigenvalue weighted by atomic mass is 10.1. The van der Waals surface area contributed by atoms with Crippen LogP contribution in [0.15, 0.2) is 85.1 Å². The van der Waals surface area contributed by atoms with Gasteiger partial charge in [0.2, 0.25) is 0 Å². The summed E-state index contributed by atoms with van der Waals surface area (Å²) in [7, 11) is 1.52. The van der Waals surface area contributed by atoms with Gasteiger partial charge in [-0.2, -0.15) is 8.78 Å². The molecule has 0 aliphatic carbocycles. The van der Waals surface area contributed by atoms with Crippen molar-refractivity contribution < 1.29 is 18.3 Å². The Morgan fingerprint density at radius 3 is 2.52 bits per heavy atom. The Labute approximate surface area is 180 Å². The monoisotopic (exact) mass is 436 g/mol. The lowest BCUT2D eigenvalue weighted by Crippen LogP contribution is -2.23. The molecule has 1 unspecified atom stereocenters. The number of carbonyl (C=O) groups excluding carboxylic acids is 1. The second-order valence-corrected chi connectivity index (χ2v) is 7.67. The molecule has 0 fully saturated rings. The molecule has 156 valence electrons. The second kappa shape index (κ2) is 8.78. The maximum Gasteiger partial charge on any atom is 0.283 e. The Morgan fingerprint density at radius 1 is 1.00 bits per heavy atom. The van der Waals surface area contributed by atoms with Crippen molar-refractivity contribution in [2.75, 3.05) is 0 Å². The maximum absolute atomic E-state index is 13.4. The SMILES string of the molecule is O=C(NCc1ccccn1)c1ccc2c(Oc3ccc(C(F)(F)P)cc3)cccc2c1. The van der Waals surface area contributed by atoms with E-state index in [4.69, 9.17) is 4.74 Å². The van der Waals surface area contributed by atoms with Gasteiger partial charge in [-0.05, 0) is 66.0 Å². The highest BCUT2D eigenvalue weighted by molar-refractivity contribution is 7.17. The first-order valence-corrected chi connectivity index (χ1v) is 10.1. The number of pyridine rings is 1. The summed E-state index contributed by atoms with van der Waals surface area (Å²) in [6, 6.07) is 22.0. The summed E-state index contributed by atoms with van der Waals surface area (Å²) in [5.74, 6) is 0.818. The van der Waals surface area contributed by atoms with Gasteiger partial charge >= 0.3 is 0 Å². The Bertz CT molecular complexity index is 1210. The molecule has 4 nitrogen and oxygen atoms in total. The second-order valence-electron chi connectivity index (χ2n) is 6.95. The molecule has 0 spiro atoms. The zero-order valence-corrected chi connectivity index (χ0v) is 17.5. The predicted molar refractivity (Wildman–Crippen MR) is 119 cm³/mol. The highest BCUT2D eigenvalue weighted by Crippen LogP contribution is 2.36. The minimum absolute atomic E-state index is 0.107. The maximum atomic E-state index is 13.4. The van der Waals surface area contributed by atoms with Crippen LogP contribution in [-0.4, -0.2) is 10.9 Å². The average Bonchev–Trinajstić information content (AvgIpc) is 2.78. The topological polar surface area (TPSA) is 51.2 Å². The third-order valence-electron chi connectivity index (χ3n) is 4.73. The minimum atomic E-state index is -2.98. The number of benzene rings is 3. The van der Waals surface area contributed by atoms with Gasteiger partial charge in [-0.25, -0.2) is 0 Å². The Balaban J connectivity index is 1.52. The summed E-state index contributed by atoms with van der Waals surface area (Å²) in [6.45, 7) is 0.339. The van der Waals surface area contributed by atoms with Crippen molar-refractivity contribution in [2.24, 2.45) is 0 Å². The third kappa shape index (κ3) is 5.04. The Kier molecular flexibility index (Phi) is 5.92. The molecule has 0 bridgehead atoms. The number of rotatable bonds is 6. The van der Waals surface area contributed by atoms with E-state index in [9.17, 15) is 13.6 Å². The van der Waals surface area contributed by atoms with Crippen LogP contribution in [0, 0.1) is 0 Å². The van der Waals surface area contributed by atoms with E-state index in [0.29, 0.717) is 23.6 Å². The summed E-state index contributed by atoms with van der Waals surface area (Å²) < 4.78 is 32.6. The molecule has 0 aliphatic heterocycles. The van der Waals surface area contributed by atoms with Gasteiger partial charge in [-0.3, -0.25) is 9.78 Å². The van der Waals surface area contributed by atoms with Crippen molar-refractivity contribution in [1.82, 2.24) is 10.3 Å². The molecule has 0 saturated carbocycles. The normalized spacial score (nSPS) is 11.3. The van der Waals surface area contributed by atoms with Crippen LogP contribution >= 0.6 is 9.24 Å². The van der Waals surface area contributed by atoms with Crippen molar-refractivity contribution in [1.29, 1.82) is 0 Å². The first-order chi connectivity index (χ1) is 14.9. The molecule has 4 rings (SSSR count). The molecule has 1 aromatic heterocycles. The van der Waals surface area contributed by atoms with Crippen LogP contribution < -0.4 is 10.1 Å². The number of aromatic nitrogens is 1. The van der Waals surface area contributed by atoms with Crippen molar-refractivity contribution in [3.05, 3.63) is 102 Å². The van der Waals surface area contributed by atoms with Crippen LogP contribution in [0.3, 0.4) is 0 Å². The summed E-state index contributed by atoms with van der Waals surface area (Å²) in [5.41, 5.74) is -1.79. The van der Waals surface area contributed by atoms with Crippen LogP contribution in [0.25, 0.3) is 10.8 Å². The number of hydrogen-bond acceptors (Lipinski definition) is 3. The molecule has 1 atom stereocenters. The third-order valence-corrected chi connectivity index (χ3v) is 5.06. The molecule has 3 aromatic carbocycles. The number of amides is 1. The number of halogens is 2. The number of fused-ring (bicyclic) bond motifs is 1. The molecule has 1 N–H and O–H groups in total. The van der Waals surface area contributed by atoms with Crippen LogP contribution in [-0.2, 0) is 12.2 Å². The standard InChI is InChI=1S/C24H19F2N2O2P/c25-24(26,31)18-8-10-20(11-9-18)30-22-6-3-4-16-14-17(7-12-21(16)22)23(29)28-15-19-5-1-2-13-27-19/h1-14H,15,31H2,(H,28,29). The highest BCUT2D eigenvalue weighted by atomic mass is 31.0. The number of nitrogens with zero attached hydrogens (tertiary/aromatic N) is 1. The molecular formula is C24H19F2N2O2P. The molecule has 0 radical (unpaired) electrons. The fourth-order valence-corrected chi connectivity index (χ4v) is 3.32. The largest absolute Gasteiger partial charge is 0.457 e. The Morgan fingerprint density at radius 2 is 1.81 bits per heavy atom. The predicted octanol–water partition coefficient (Wildman–Crippen LogP) is 5.88. The first kappa shape index (κ1) is 20.9. The van der Waals surface area contributed by atoms with Crippen LogP contribution in [0.5, 0.6) is 11.5 Å². The summed E-state index contributed by atoms with van der Waals surface area (Å²) in [5, 5.41) is 4.50. The molecule has 0 saturated heterocycles. The first-order valence-electron chi connectivity index (χ1n) is 9.56. The number of carbonyl (C=O) groups is 1. The zero-order chi connectivity index (χ0) is 21.8. The van der Waals surface area contributed by atoms with E-state index < -0.39 is 5.66 Å². The van der Waals surface area contributed by atoms with Crippen molar-refractivity contribution in [2.45, 2.75) is 12.2 Å². The van der Waals surface area contributed by atoms with Crippen LogP contribution in [0.1, 0.15) is 21.6 Å². The van der Waals surface area contributed by atoms with Gasteiger partial charge in [0.25, 0.3) is 11.6 Å². The van der Waals surface area contributed by atoms with E-state index in [-0.39, 0.29) is 11.5 Å². The van der Waals surface area contributed by atoms with E-state index in [1.807, 2.05) is 36.4 Å². The van der Waals surface area contributed by atoms with Crippen molar-refractivity contribution >= 4 is 25.9 Å². The number of ether oxygens (including phenoxy) is 1. The number of hydrogen-bond donors (Lipinski definition) is 1. The fraction of sp³-hybridized carbons (Fsp3) is 0.0833. The Hall–Kier alpha value is -3.37. The summed E-state index contributed by atoms with van der Waals surface area (Å²) >= 11 is 0. The average molecular weight is 436 g/mol. The molecule has 1 amide bonds. The van der Waals surface area contributed by atoms with E-state index >= 15 is 0 Å². The van der Waals surface area contributed by atoms with E-state index in [2.05, 4.69) is 10.3 Å². The van der Waals surface area contributed by atoms with Crippen LogP contribution in [0.4, 0.5) is 8.78 Å². The van der Waals surface area contributed by atoms with Gasteiger partial charge in [0.05, 0.1) is 12.2 Å². The zero-order valence-electron chi connectivity index (χ0n) is 16.4. The fourth-order valence-electron chi connectivity index (χ4n) is 3.13. The van der Waals surface area contributed by atoms with Crippen molar-refractivity contribution in [3.63, 3.8) is 0 Å². The van der Waals surface area contributed by atoms with E-state index in [0.717, 1.165) is 16.5 Å². The van der Waals surface area contributed by atoms with Crippen molar-refractivity contribution in [3.8, 4) is 11.5 Å². The quantitative estimate of drug-likeness (QED) is 0.384. The lowest BCUT2D eigenvalue weighted by molar-refractivity contribution is 0.0950. The smallest absolute Gasteiger partial charge is 0.283 e. The number of alkyl halides is 2. The lowest BCUT2D eigenvalue weighted by Gasteiger charge is -2.13. The van der Waals surface area contributed by atoms with Crippen LogP contribution in [0.2, 0.25) is 0 Å². The van der Waals surface area contributed by atoms with Gasteiger partial charge < -0.3 is 10.1 Å². The summed E-state index contributed by atoms with van der Waals surface area (Å²) in [4.78, 5) is 16.7. The minimum Gasteiger partial charge on any atom is -0.457 e. The highest BCUT2D eigenvalue weighted by Gasteiger charge is 2.24. The molecular weight excluding hydrogens is 417 g/mol. The molecule has 7 heteroatoms. The molecule has 1 heterocycles. The number of nitrogens with one attached hydrogen (secondary N) is 1. The molecule has 0 aliphatic rings. The van der Waals surface area contributed by atoms with Gasteiger partial charge in [0, 0.05) is 22.7 Å². The van der Waals surface area contributed by atoms with E-state index in [1.54, 1.807) is 24.4 Å². The molecule has 4 aromatic rings. The molecule has 31 heavy (non-hydrogen) atoms. The van der Waals surface area contributed by atoms with Gasteiger partial charge in [0.15, 0.2) is 0 Å². The van der Waals surface area contributed by atoms with E-state index in [1.165, 1.54) is 33.5 Å². The van der Waals surface area contributed by atoms with Gasteiger partial charge in [0.1, 0.15) is 11.5 Å². The summed E-state index contributed by atoms with van der Waals surface area (Å²) in [6.07, 6.45) is 1.68.